The van der Waals surface area contributed by atoms with Crippen LogP contribution in [0.4, 0.5) is 8.78 Å². The molecule has 1 saturated heterocycles. The third kappa shape index (κ3) is 6.21. The van der Waals surface area contributed by atoms with Crippen LogP contribution in [0, 0.1) is 23.2 Å². The molecule has 0 aliphatic carbocycles. The van der Waals surface area contributed by atoms with Crippen LogP contribution in [0.15, 0.2) is 24.3 Å². The van der Waals surface area contributed by atoms with Crippen LogP contribution in [0.1, 0.15) is 45.6 Å². The predicted octanol–water partition coefficient (Wildman–Crippen LogP) is 2.25. The van der Waals surface area contributed by atoms with Gasteiger partial charge in [-0.3, -0.25) is 14.4 Å². The third-order valence-corrected chi connectivity index (χ3v) is 6.11. The fourth-order valence-electron chi connectivity index (χ4n) is 3.77. The van der Waals surface area contributed by atoms with Crippen molar-refractivity contribution in [2.75, 3.05) is 6.54 Å². The summed E-state index contributed by atoms with van der Waals surface area (Å²) in [4.78, 5) is 37.2. The van der Waals surface area contributed by atoms with E-state index in [9.17, 15) is 24.8 Å². The van der Waals surface area contributed by atoms with Crippen molar-refractivity contribution in [3.05, 3.63) is 34.9 Å². The molecule has 2 rings (SSSR count). The van der Waals surface area contributed by atoms with E-state index in [1.54, 1.807) is 13.8 Å². The number of rotatable bonds is 10. The second-order valence-corrected chi connectivity index (χ2v) is 9.39. The summed E-state index contributed by atoms with van der Waals surface area (Å²) in [6.07, 6.45) is 0.583. The van der Waals surface area contributed by atoms with Crippen molar-refractivity contribution in [1.82, 2.24) is 16.0 Å². The van der Waals surface area contributed by atoms with Crippen LogP contribution in [0.25, 0.3) is 0 Å². The Morgan fingerprint density at radius 2 is 1.97 bits per heavy atom. The number of nitrogens with one attached hydrogen (secondary N) is 3. The molecule has 0 unspecified atom stereocenters. The van der Waals surface area contributed by atoms with Gasteiger partial charge in [0.1, 0.15) is 12.1 Å². The molecule has 0 saturated carbocycles. The van der Waals surface area contributed by atoms with Crippen LogP contribution in [0.2, 0.25) is 5.02 Å². The first-order valence-corrected chi connectivity index (χ1v) is 11.3. The molecule has 34 heavy (non-hydrogen) atoms. The Morgan fingerprint density at radius 1 is 1.32 bits per heavy atom. The maximum atomic E-state index is 15.1. The van der Waals surface area contributed by atoms with Gasteiger partial charge in [-0.2, -0.15) is 14.0 Å². The van der Waals surface area contributed by atoms with Gasteiger partial charge in [0.2, 0.25) is 11.8 Å². The van der Waals surface area contributed by atoms with Gasteiger partial charge in [-0.05, 0) is 38.2 Å². The number of alkyl halides is 2. The predicted molar refractivity (Wildman–Crippen MR) is 121 cm³/mol. The Balaban J connectivity index is 2.18. The van der Waals surface area contributed by atoms with E-state index >= 15 is 8.78 Å². The summed E-state index contributed by atoms with van der Waals surface area (Å²) in [6.45, 7) is 4.70. The maximum Gasteiger partial charge on any atom is 0.356 e. The summed E-state index contributed by atoms with van der Waals surface area (Å²) in [5.41, 5.74) is -3.31. The lowest BCUT2D eigenvalue weighted by atomic mass is 9.88. The monoisotopic (exact) mass is 498 g/mol. The van der Waals surface area contributed by atoms with Crippen LogP contribution in [-0.2, 0) is 20.0 Å². The molecule has 4 N–H and O–H groups in total. The van der Waals surface area contributed by atoms with E-state index in [1.807, 2.05) is 11.4 Å². The Hall–Kier alpha value is -2.77. The zero-order valence-electron chi connectivity index (χ0n) is 19.2. The lowest BCUT2D eigenvalue weighted by Gasteiger charge is -2.33. The second-order valence-electron chi connectivity index (χ2n) is 8.98. The first kappa shape index (κ1) is 27.5. The number of amides is 3. The molecule has 186 valence electrons. The largest absolute Gasteiger partial charge is 0.378 e. The van der Waals surface area contributed by atoms with Crippen LogP contribution >= 0.6 is 11.6 Å². The van der Waals surface area contributed by atoms with Gasteiger partial charge in [0.05, 0.1) is 6.07 Å². The van der Waals surface area contributed by atoms with E-state index in [4.69, 9.17) is 11.6 Å². The molecule has 1 aromatic rings. The van der Waals surface area contributed by atoms with Gasteiger partial charge in [0, 0.05) is 23.0 Å². The highest BCUT2D eigenvalue weighted by molar-refractivity contribution is 6.31. The van der Waals surface area contributed by atoms with Crippen molar-refractivity contribution in [3.8, 4) is 6.07 Å². The Morgan fingerprint density at radius 3 is 2.50 bits per heavy atom. The molecule has 1 heterocycles. The second kappa shape index (κ2) is 11.1. The minimum Gasteiger partial charge on any atom is -0.378 e. The van der Waals surface area contributed by atoms with Gasteiger partial charge < -0.3 is 21.1 Å². The molecule has 4 atom stereocenters. The fourth-order valence-corrected chi connectivity index (χ4v) is 4.09. The van der Waals surface area contributed by atoms with E-state index in [0.717, 1.165) is 6.92 Å². The zero-order valence-corrected chi connectivity index (χ0v) is 20.0. The quantitative estimate of drug-likeness (QED) is 0.393. The van der Waals surface area contributed by atoms with Crippen molar-refractivity contribution in [2.45, 2.75) is 63.6 Å². The molecular weight excluding hydrogens is 470 g/mol. The fraction of sp³-hybridized carbons (Fsp3) is 0.565. The van der Waals surface area contributed by atoms with Crippen molar-refractivity contribution >= 4 is 29.3 Å². The number of hydrogen-bond acceptors (Lipinski definition) is 5. The minimum atomic E-state index is -4.34. The Labute approximate surface area is 202 Å². The molecule has 1 fully saturated rings. The number of nitriles is 1. The van der Waals surface area contributed by atoms with E-state index in [1.165, 1.54) is 24.3 Å². The maximum absolute atomic E-state index is 15.1. The summed E-state index contributed by atoms with van der Waals surface area (Å²) >= 11 is 5.95. The summed E-state index contributed by atoms with van der Waals surface area (Å²) in [5, 5.41) is 26.9. The van der Waals surface area contributed by atoms with Gasteiger partial charge in [-0.1, -0.05) is 43.6 Å². The SMILES string of the molecule is CC(C)C[C@H](NC(=O)C(F)(F)[C@](C)(O)c1ccccc1Cl)C(=O)N[C@H](C#N)C[C@@H]1CCNC1=O. The number of hydrogen-bond donors (Lipinski definition) is 4. The molecule has 1 aliphatic heterocycles. The summed E-state index contributed by atoms with van der Waals surface area (Å²) in [5.74, 6) is -7.87. The highest BCUT2D eigenvalue weighted by atomic mass is 35.5. The highest BCUT2D eigenvalue weighted by Gasteiger charge is 2.57. The average molecular weight is 499 g/mol. The molecule has 3 amide bonds. The number of carbonyl (C=O) groups is 3. The van der Waals surface area contributed by atoms with Gasteiger partial charge in [0.25, 0.3) is 5.91 Å². The molecule has 1 aliphatic rings. The van der Waals surface area contributed by atoms with Crippen LogP contribution < -0.4 is 16.0 Å². The van der Waals surface area contributed by atoms with Crippen LogP contribution in [0.3, 0.4) is 0 Å². The molecule has 11 heteroatoms. The molecule has 0 spiro atoms. The van der Waals surface area contributed by atoms with E-state index in [2.05, 4.69) is 10.6 Å². The summed E-state index contributed by atoms with van der Waals surface area (Å²) in [6, 6.07) is 4.83. The minimum absolute atomic E-state index is 0.00392. The Bertz CT molecular complexity index is 965. The van der Waals surface area contributed by atoms with E-state index in [-0.39, 0.29) is 35.3 Å². The van der Waals surface area contributed by atoms with E-state index in [0.29, 0.717) is 13.0 Å². The molecule has 0 radical (unpaired) electrons. The molecular formula is C23H29ClF2N4O4. The molecule has 0 bridgehead atoms. The number of nitrogens with zero attached hydrogens (tertiary/aromatic N) is 1. The van der Waals surface area contributed by atoms with Crippen molar-refractivity contribution in [3.63, 3.8) is 0 Å². The number of carbonyl (C=O) groups excluding carboxylic acids is 3. The normalized spacial score (nSPS) is 19.5. The van der Waals surface area contributed by atoms with Crippen LogP contribution in [-0.4, -0.2) is 47.4 Å². The van der Waals surface area contributed by atoms with E-state index < -0.39 is 41.3 Å². The van der Waals surface area contributed by atoms with Gasteiger partial charge >= 0.3 is 5.92 Å². The number of aliphatic hydroxyl groups is 1. The number of halogens is 3. The standard InChI is InChI=1S/C23H29ClF2N4O4/c1-13(2)10-18(20(32)29-15(12-27)11-14-8-9-28-19(14)31)30-21(33)23(25,26)22(3,34)16-6-4-5-7-17(16)24/h4-7,13-15,18,34H,8-11H2,1-3H3,(H,28,31)(H,29,32)(H,30,33)/t14-,15-,18-,22+/m0/s1. The highest BCUT2D eigenvalue weighted by Crippen LogP contribution is 2.40. The lowest BCUT2D eigenvalue weighted by molar-refractivity contribution is -0.192. The number of benzene rings is 1. The average Bonchev–Trinajstić information content (AvgIpc) is 3.16. The smallest absolute Gasteiger partial charge is 0.356 e. The van der Waals surface area contributed by atoms with Crippen molar-refractivity contribution < 1.29 is 28.3 Å². The molecule has 8 nitrogen and oxygen atoms in total. The molecule has 0 aromatic heterocycles. The summed E-state index contributed by atoms with van der Waals surface area (Å²) < 4.78 is 30.2. The summed E-state index contributed by atoms with van der Waals surface area (Å²) in [7, 11) is 0. The first-order chi connectivity index (χ1) is 15.8. The van der Waals surface area contributed by atoms with Gasteiger partial charge in [0.15, 0.2) is 5.60 Å². The van der Waals surface area contributed by atoms with Crippen molar-refractivity contribution in [1.29, 1.82) is 5.26 Å². The van der Waals surface area contributed by atoms with Crippen LogP contribution in [0.5, 0.6) is 0 Å². The van der Waals surface area contributed by atoms with Crippen molar-refractivity contribution in [2.24, 2.45) is 11.8 Å². The third-order valence-electron chi connectivity index (χ3n) is 5.78. The van der Waals surface area contributed by atoms with Gasteiger partial charge in [-0.15, -0.1) is 0 Å². The lowest BCUT2D eigenvalue weighted by Crippen LogP contribution is -2.59. The topological polar surface area (TPSA) is 131 Å². The van der Waals surface area contributed by atoms with Gasteiger partial charge in [-0.25, -0.2) is 0 Å². The first-order valence-electron chi connectivity index (χ1n) is 10.9. The molecule has 1 aromatic carbocycles. The Kier molecular flexibility index (Phi) is 8.97. The zero-order chi connectivity index (χ0) is 25.7.